The maximum atomic E-state index is 12.9. The van der Waals surface area contributed by atoms with Gasteiger partial charge in [0, 0.05) is 19.3 Å². The molecule has 6 nitrogen and oxygen atoms in total. The van der Waals surface area contributed by atoms with Gasteiger partial charge in [0.1, 0.15) is 13.2 Å². The minimum Gasteiger partial charge on any atom is -0.462 e. The van der Waals surface area contributed by atoms with Crippen molar-refractivity contribution in [2.45, 2.75) is 393 Å². The van der Waals surface area contributed by atoms with Gasteiger partial charge in [0.15, 0.2) is 6.10 Å². The van der Waals surface area contributed by atoms with Crippen molar-refractivity contribution in [1.82, 2.24) is 0 Å². The van der Waals surface area contributed by atoms with Gasteiger partial charge in [-0.2, -0.15) is 0 Å². The largest absolute Gasteiger partial charge is 0.462 e. The van der Waals surface area contributed by atoms with Crippen LogP contribution in [0, 0.1) is 0 Å². The Labute approximate surface area is 462 Å². The zero-order valence-electron chi connectivity index (χ0n) is 50.4. The Morgan fingerprint density at radius 3 is 0.676 bits per heavy atom. The predicted octanol–water partition coefficient (Wildman–Crippen LogP) is 22.8. The fourth-order valence-electron chi connectivity index (χ4n) is 10.4. The third-order valence-corrected chi connectivity index (χ3v) is 15.5. The number of carbonyl (C=O) groups is 3. The number of hydrogen-bond acceptors (Lipinski definition) is 6. The Bertz CT molecular complexity index is 1150. The van der Waals surface area contributed by atoms with Crippen LogP contribution in [0.15, 0.2) is 12.2 Å². The first-order valence-electron chi connectivity index (χ1n) is 33.7. The molecule has 0 aliphatic carbocycles. The molecule has 0 saturated heterocycles. The smallest absolute Gasteiger partial charge is 0.306 e. The number of rotatable bonds is 63. The van der Waals surface area contributed by atoms with Crippen molar-refractivity contribution in [2.24, 2.45) is 0 Å². The number of carbonyl (C=O) groups excluding carboxylic acids is 3. The first-order valence-corrected chi connectivity index (χ1v) is 33.7. The van der Waals surface area contributed by atoms with E-state index in [4.69, 9.17) is 14.2 Å². The average molecular weight is 1040 g/mol. The van der Waals surface area contributed by atoms with Crippen molar-refractivity contribution in [3.05, 3.63) is 12.2 Å². The van der Waals surface area contributed by atoms with E-state index in [2.05, 4.69) is 32.9 Å². The van der Waals surface area contributed by atoms with Gasteiger partial charge in [-0.3, -0.25) is 14.4 Å². The molecule has 0 radical (unpaired) electrons. The second kappa shape index (κ2) is 63.7. The molecule has 0 aliphatic heterocycles. The predicted molar refractivity (Wildman–Crippen MR) is 321 cm³/mol. The summed E-state index contributed by atoms with van der Waals surface area (Å²) in [5.41, 5.74) is 0. The molecule has 0 aromatic carbocycles. The van der Waals surface area contributed by atoms with Gasteiger partial charge in [-0.1, -0.05) is 335 Å². The van der Waals surface area contributed by atoms with E-state index in [1.807, 2.05) is 0 Å². The summed E-state index contributed by atoms with van der Waals surface area (Å²) in [6.45, 7) is 6.70. The Kier molecular flexibility index (Phi) is 62.1. The number of ether oxygens (including phenoxy) is 3. The summed E-state index contributed by atoms with van der Waals surface area (Å²) in [4.78, 5) is 38.3. The molecule has 1 atom stereocenters. The van der Waals surface area contributed by atoms with Gasteiger partial charge < -0.3 is 14.2 Å². The standard InChI is InChI=1S/C68H130O6/c1-4-7-10-13-16-19-22-25-27-29-30-31-32-33-34-35-36-37-38-39-40-42-43-46-49-52-55-58-61-67(70)73-64-65(63-72-66(69)60-57-54-51-48-45-24-21-18-15-12-9-6-3)74-68(71)62-59-56-53-50-47-44-41-28-26-23-20-17-14-11-8-5-2/h28,41,65H,4-27,29-40,42-64H2,1-3H3/b41-28-. The van der Waals surface area contributed by atoms with E-state index >= 15 is 0 Å². The Morgan fingerprint density at radius 2 is 0.446 bits per heavy atom. The molecule has 0 saturated carbocycles. The zero-order valence-corrected chi connectivity index (χ0v) is 50.4. The molecule has 0 heterocycles. The molecule has 0 aliphatic rings. The highest BCUT2D eigenvalue weighted by molar-refractivity contribution is 5.71. The van der Waals surface area contributed by atoms with Crippen LogP contribution in [0.2, 0.25) is 0 Å². The van der Waals surface area contributed by atoms with Crippen LogP contribution in [0.3, 0.4) is 0 Å². The zero-order chi connectivity index (χ0) is 53.6. The van der Waals surface area contributed by atoms with Crippen LogP contribution >= 0.6 is 0 Å². The molecule has 438 valence electrons. The molecule has 0 N–H and O–H groups in total. The molecule has 74 heavy (non-hydrogen) atoms. The van der Waals surface area contributed by atoms with Crippen LogP contribution in [-0.2, 0) is 28.6 Å². The lowest BCUT2D eigenvalue weighted by Gasteiger charge is -2.18. The molecule has 0 fully saturated rings. The van der Waals surface area contributed by atoms with Gasteiger partial charge in [0.2, 0.25) is 0 Å². The summed E-state index contributed by atoms with van der Waals surface area (Å²) < 4.78 is 16.9. The second-order valence-electron chi connectivity index (χ2n) is 23.1. The van der Waals surface area contributed by atoms with Crippen LogP contribution in [0.25, 0.3) is 0 Å². The minimum atomic E-state index is -0.770. The summed E-state index contributed by atoms with van der Waals surface area (Å²) in [7, 11) is 0. The van der Waals surface area contributed by atoms with Gasteiger partial charge >= 0.3 is 17.9 Å². The molecule has 0 aromatic heterocycles. The number of esters is 3. The summed E-state index contributed by atoms with van der Waals surface area (Å²) in [6.07, 6.45) is 75.3. The molecule has 0 spiro atoms. The summed E-state index contributed by atoms with van der Waals surface area (Å²) in [5.74, 6) is -0.846. The van der Waals surface area contributed by atoms with Crippen LogP contribution in [0.5, 0.6) is 0 Å². The molecule has 0 rings (SSSR count). The van der Waals surface area contributed by atoms with E-state index in [1.54, 1.807) is 0 Å². The molecule has 1 unspecified atom stereocenters. The van der Waals surface area contributed by atoms with E-state index in [9.17, 15) is 14.4 Å². The van der Waals surface area contributed by atoms with E-state index < -0.39 is 6.10 Å². The van der Waals surface area contributed by atoms with Crippen molar-refractivity contribution in [1.29, 1.82) is 0 Å². The van der Waals surface area contributed by atoms with E-state index in [0.717, 1.165) is 64.2 Å². The van der Waals surface area contributed by atoms with Crippen molar-refractivity contribution >= 4 is 17.9 Å². The summed E-state index contributed by atoms with van der Waals surface area (Å²) >= 11 is 0. The SMILES string of the molecule is CCCCCCCCC/C=C\CCCCCCCC(=O)OC(COC(=O)CCCCCCCCCCCCCC)COC(=O)CCCCCCCCCCCCCCCCCCCCCCCCCCCCCC. The quantitative estimate of drug-likeness (QED) is 0.0261. The van der Waals surface area contributed by atoms with Gasteiger partial charge in [0.25, 0.3) is 0 Å². The molecule has 6 heteroatoms. The third-order valence-electron chi connectivity index (χ3n) is 15.5. The normalized spacial score (nSPS) is 12.0. The lowest BCUT2D eigenvalue weighted by Crippen LogP contribution is -2.30. The minimum absolute atomic E-state index is 0.0670. The average Bonchev–Trinajstić information content (AvgIpc) is 3.40. The lowest BCUT2D eigenvalue weighted by molar-refractivity contribution is -0.167. The van der Waals surface area contributed by atoms with Crippen molar-refractivity contribution in [3.8, 4) is 0 Å². The van der Waals surface area contributed by atoms with Crippen molar-refractivity contribution < 1.29 is 28.6 Å². The van der Waals surface area contributed by atoms with Gasteiger partial charge in [-0.15, -0.1) is 0 Å². The Hall–Kier alpha value is -1.85. The molecule has 0 amide bonds. The fraction of sp³-hybridized carbons (Fsp3) is 0.926. The van der Waals surface area contributed by atoms with E-state index in [0.29, 0.717) is 19.3 Å². The van der Waals surface area contributed by atoms with Crippen molar-refractivity contribution in [2.75, 3.05) is 13.2 Å². The van der Waals surface area contributed by atoms with E-state index in [1.165, 1.54) is 283 Å². The number of allylic oxidation sites excluding steroid dienone is 2. The maximum absolute atomic E-state index is 12.9. The monoisotopic (exact) mass is 1040 g/mol. The Balaban J connectivity index is 4.13. The highest BCUT2D eigenvalue weighted by Crippen LogP contribution is 2.19. The first kappa shape index (κ1) is 72.2. The summed E-state index contributed by atoms with van der Waals surface area (Å²) in [5, 5.41) is 0. The number of hydrogen-bond donors (Lipinski definition) is 0. The molecule has 0 aromatic rings. The van der Waals surface area contributed by atoms with Gasteiger partial charge in [-0.05, 0) is 44.9 Å². The lowest BCUT2D eigenvalue weighted by atomic mass is 10.0. The highest BCUT2D eigenvalue weighted by atomic mass is 16.6. The molecular weight excluding hydrogens is 913 g/mol. The van der Waals surface area contributed by atoms with Crippen LogP contribution in [0.4, 0.5) is 0 Å². The van der Waals surface area contributed by atoms with Crippen LogP contribution < -0.4 is 0 Å². The Morgan fingerprint density at radius 1 is 0.257 bits per heavy atom. The van der Waals surface area contributed by atoms with Crippen LogP contribution in [0.1, 0.15) is 387 Å². The van der Waals surface area contributed by atoms with Gasteiger partial charge in [0.05, 0.1) is 0 Å². The van der Waals surface area contributed by atoms with Gasteiger partial charge in [-0.25, -0.2) is 0 Å². The van der Waals surface area contributed by atoms with Crippen LogP contribution in [-0.4, -0.2) is 37.2 Å². The topological polar surface area (TPSA) is 78.9 Å². The fourth-order valence-corrected chi connectivity index (χ4v) is 10.4. The second-order valence-corrected chi connectivity index (χ2v) is 23.1. The summed E-state index contributed by atoms with van der Waals surface area (Å²) in [6, 6.07) is 0. The maximum Gasteiger partial charge on any atom is 0.306 e. The van der Waals surface area contributed by atoms with Crippen molar-refractivity contribution in [3.63, 3.8) is 0 Å². The first-order chi connectivity index (χ1) is 36.5. The molecule has 0 bridgehead atoms. The van der Waals surface area contributed by atoms with E-state index in [-0.39, 0.29) is 31.1 Å². The molecular formula is C68H130O6. The highest BCUT2D eigenvalue weighted by Gasteiger charge is 2.19. The third kappa shape index (κ3) is 61.0. The number of unbranched alkanes of at least 4 members (excludes halogenated alkanes) is 50.